The monoisotopic (exact) mass is 264 g/mol. The number of hydrogen-bond donors (Lipinski definition) is 1. The van der Waals surface area contributed by atoms with Crippen LogP contribution in [0.5, 0.6) is 0 Å². The highest BCUT2D eigenvalue weighted by molar-refractivity contribution is 5.47. The van der Waals surface area contributed by atoms with Gasteiger partial charge in [0.1, 0.15) is 5.82 Å². The number of hydrogen-bond acceptors (Lipinski definition) is 2. The van der Waals surface area contributed by atoms with Gasteiger partial charge in [-0.1, -0.05) is 6.58 Å². The Labute approximate surface area is 116 Å². The molecular weight excluding hydrogens is 239 g/mol. The summed E-state index contributed by atoms with van der Waals surface area (Å²) in [5, 5.41) is 3.43. The topological polar surface area (TPSA) is 15.3 Å². The molecule has 0 fully saturated rings. The summed E-state index contributed by atoms with van der Waals surface area (Å²) in [6, 6.07) is 6.61. The summed E-state index contributed by atoms with van der Waals surface area (Å²) in [4.78, 5) is 2.19. The van der Waals surface area contributed by atoms with Crippen LogP contribution in [0.2, 0.25) is 0 Å². The molecule has 0 unspecified atom stereocenters. The lowest BCUT2D eigenvalue weighted by Crippen LogP contribution is -2.38. The minimum atomic E-state index is -0.201. The van der Waals surface area contributed by atoms with E-state index in [1.54, 1.807) is 0 Å². The Balaban J connectivity index is 2.57. The van der Waals surface area contributed by atoms with Gasteiger partial charge in [0.2, 0.25) is 0 Å². The van der Waals surface area contributed by atoms with E-state index in [-0.39, 0.29) is 11.4 Å². The first-order valence-electron chi connectivity index (χ1n) is 6.74. The zero-order valence-corrected chi connectivity index (χ0v) is 12.5. The molecule has 1 N–H and O–H groups in total. The van der Waals surface area contributed by atoms with Crippen molar-refractivity contribution in [1.82, 2.24) is 5.32 Å². The molecule has 0 heterocycles. The molecule has 0 radical (unpaired) electrons. The van der Waals surface area contributed by atoms with E-state index in [9.17, 15) is 4.39 Å². The number of halogens is 1. The fourth-order valence-electron chi connectivity index (χ4n) is 1.75. The van der Waals surface area contributed by atoms with Gasteiger partial charge >= 0.3 is 0 Å². The van der Waals surface area contributed by atoms with Crippen molar-refractivity contribution < 1.29 is 4.39 Å². The summed E-state index contributed by atoms with van der Waals surface area (Å²) in [7, 11) is 0. The average molecular weight is 264 g/mol. The smallest absolute Gasteiger partial charge is 0.123 e. The normalized spacial score (nSPS) is 11.4. The van der Waals surface area contributed by atoms with Crippen molar-refractivity contribution in [3.05, 3.63) is 42.2 Å². The third kappa shape index (κ3) is 5.88. The Hall–Kier alpha value is -1.35. The second-order valence-electron chi connectivity index (χ2n) is 5.84. The molecule has 0 spiro atoms. The Kier molecular flexibility index (Phi) is 5.55. The molecule has 1 aromatic rings. The summed E-state index contributed by atoms with van der Waals surface area (Å²) >= 11 is 0. The molecule has 0 aliphatic carbocycles. The van der Waals surface area contributed by atoms with Crippen LogP contribution in [0.4, 0.5) is 10.1 Å². The largest absolute Gasteiger partial charge is 0.368 e. The van der Waals surface area contributed by atoms with Gasteiger partial charge in [0.25, 0.3) is 0 Å². The van der Waals surface area contributed by atoms with Crippen LogP contribution in [-0.2, 0) is 0 Å². The van der Waals surface area contributed by atoms with Gasteiger partial charge < -0.3 is 10.2 Å². The minimum absolute atomic E-state index is 0.0931. The van der Waals surface area contributed by atoms with Crippen LogP contribution >= 0.6 is 0 Å². The second kappa shape index (κ2) is 6.71. The van der Waals surface area contributed by atoms with Crippen LogP contribution in [-0.4, -0.2) is 25.2 Å². The van der Waals surface area contributed by atoms with E-state index in [0.29, 0.717) is 0 Å². The molecule has 19 heavy (non-hydrogen) atoms. The summed E-state index contributed by atoms with van der Waals surface area (Å²) in [6.45, 7) is 15.1. The van der Waals surface area contributed by atoms with Crippen molar-refractivity contribution >= 4 is 5.69 Å². The first kappa shape index (κ1) is 15.7. The summed E-state index contributed by atoms with van der Waals surface area (Å²) in [5.41, 5.74) is 2.25. The molecular formula is C16H25FN2. The Morgan fingerprint density at radius 3 is 2.32 bits per heavy atom. The molecule has 0 saturated carbocycles. The maximum atomic E-state index is 12.9. The van der Waals surface area contributed by atoms with E-state index < -0.39 is 0 Å². The fourth-order valence-corrected chi connectivity index (χ4v) is 1.75. The van der Waals surface area contributed by atoms with Crippen molar-refractivity contribution in [2.24, 2.45) is 0 Å². The van der Waals surface area contributed by atoms with Crippen LogP contribution in [0.15, 0.2) is 36.4 Å². The van der Waals surface area contributed by atoms with E-state index in [1.807, 2.05) is 12.1 Å². The highest BCUT2D eigenvalue weighted by Crippen LogP contribution is 2.15. The maximum absolute atomic E-state index is 12.9. The molecule has 1 rings (SSSR count). The lowest BCUT2D eigenvalue weighted by atomic mass is 10.1. The van der Waals surface area contributed by atoms with Crippen molar-refractivity contribution in [2.75, 3.05) is 24.5 Å². The van der Waals surface area contributed by atoms with Crippen LogP contribution in [0.1, 0.15) is 27.7 Å². The van der Waals surface area contributed by atoms with Gasteiger partial charge in [-0.25, -0.2) is 4.39 Å². The fraction of sp³-hybridized carbons (Fsp3) is 0.500. The van der Waals surface area contributed by atoms with E-state index in [0.717, 1.165) is 30.9 Å². The molecule has 0 aliphatic heterocycles. The van der Waals surface area contributed by atoms with Gasteiger partial charge in [-0.2, -0.15) is 0 Å². The number of rotatable bonds is 6. The Morgan fingerprint density at radius 2 is 1.84 bits per heavy atom. The van der Waals surface area contributed by atoms with E-state index in [2.05, 4.69) is 44.5 Å². The summed E-state index contributed by atoms with van der Waals surface area (Å²) in [5.74, 6) is -0.201. The highest BCUT2D eigenvalue weighted by Gasteiger charge is 2.11. The Bertz CT molecular complexity index is 404. The molecule has 0 aromatic heterocycles. The molecule has 0 bridgehead atoms. The average Bonchev–Trinajstić information content (AvgIpc) is 2.34. The van der Waals surface area contributed by atoms with Crippen molar-refractivity contribution in [1.29, 1.82) is 0 Å². The van der Waals surface area contributed by atoms with Crippen LogP contribution < -0.4 is 10.2 Å². The molecule has 0 atom stereocenters. The SMILES string of the molecule is C=C(CNC(C)(C)C)CN(CC)c1ccc(F)cc1. The van der Waals surface area contributed by atoms with Crippen molar-refractivity contribution in [3.63, 3.8) is 0 Å². The quantitative estimate of drug-likeness (QED) is 0.790. The first-order chi connectivity index (χ1) is 8.81. The van der Waals surface area contributed by atoms with Gasteiger partial charge in [-0.05, 0) is 57.5 Å². The summed E-state index contributed by atoms with van der Waals surface area (Å²) < 4.78 is 12.9. The standard InChI is InChI=1S/C16H25FN2/c1-6-19(15-9-7-14(17)8-10-15)12-13(2)11-18-16(3,4)5/h7-10,18H,2,6,11-12H2,1,3-5H3. The minimum Gasteiger partial charge on any atom is -0.368 e. The number of anilines is 1. The molecule has 0 amide bonds. The van der Waals surface area contributed by atoms with Gasteiger partial charge in [-0.15, -0.1) is 0 Å². The van der Waals surface area contributed by atoms with E-state index in [1.165, 1.54) is 12.1 Å². The number of benzene rings is 1. The Morgan fingerprint density at radius 1 is 1.26 bits per heavy atom. The van der Waals surface area contributed by atoms with Gasteiger partial charge in [-0.3, -0.25) is 0 Å². The molecule has 2 nitrogen and oxygen atoms in total. The van der Waals surface area contributed by atoms with Gasteiger partial charge in [0.05, 0.1) is 0 Å². The zero-order chi connectivity index (χ0) is 14.5. The summed E-state index contributed by atoms with van der Waals surface area (Å²) in [6.07, 6.45) is 0. The molecule has 106 valence electrons. The van der Waals surface area contributed by atoms with Crippen LogP contribution in [0, 0.1) is 5.82 Å². The first-order valence-corrected chi connectivity index (χ1v) is 6.74. The molecule has 0 aliphatic rings. The number of nitrogens with one attached hydrogen (secondary N) is 1. The lowest BCUT2D eigenvalue weighted by molar-refractivity contribution is 0.443. The van der Waals surface area contributed by atoms with E-state index >= 15 is 0 Å². The highest BCUT2D eigenvalue weighted by atomic mass is 19.1. The van der Waals surface area contributed by atoms with Crippen LogP contribution in [0.3, 0.4) is 0 Å². The van der Waals surface area contributed by atoms with Crippen LogP contribution in [0.25, 0.3) is 0 Å². The number of nitrogens with zero attached hydrogens (tertiary/aromatic N) is 1. The third-order valence-corrected chi connectivity index (χ3v) is 2.86. The van der Waals surface area contributed by atoms with Gasteiger partial charge in [0, 0.05) is 30.9 Å². The predicted octanol–water partition coefficient (Wildman–Crippen LogP) is 3.60. The predicted molar refractivity (Wildman–Crippen MR) is 81.2 cm³/mol. The maximum Gasteiger partial charge on any atom is 0.123 e. The molecule has 3 heteroatoms. The second-order valence-corrected chi connectivity index (χ2v) is 5.84. The van der Waals surface area contributed by atoms with Crippen molar-refractivity contribution in [3.8, 4) is 0 Å². The third-order valence-electron chi connectivity index (χ3n) is 2.86. The van der Waals surface area contributed by atoms with E-state index in [4.69, 9.17) is 0 Å². The molecule has 0 saturated heterocycles. The van der Waals surface area contributed by atoms with Gasteiger partial charge in [0.15, 0.2) is 0 Å². The lowest BCUT2D eigenvalue weighted by Gasteiger charge is -2.26. The number of likely N-dealkylation sites (N-methyl/N-ethyl adjacent to an activating group) is 1. The van der Waals surface area contributed by atoms with Crippen molar-refractivity contribution in [2.45, 2.75) is 33.2 Å². The molecule has 1 aromatic carbocycles. The zero-order valence-electron chi connectivity index (χ0n) is 12.5.